The summed E-state index contributed by atoms with van der Waals surface area (Å²) in [6, 6.07) is -1.30. The predicted octanol–water partition coefficient (Wildman–Crippen LogP) is 3.19. The lowest BCUT2D eigenvalue weighted by atomic mass is 9.82. The number of ether oxygens (including phenoxy) is 3. The van der Waals surface area contributed by atoms with Gasteiger partial charge in [0.05, 0.1) is 13.2 Å². The summed E-state index contributed by atoms with van der Waals surface area (Å²) < 4.78 is 16.1. The van der Waals surface area contributed by atoms with Gasteiger partial charge in [-0.25, -0.2) is 14.4 Å². The van der Waals surface area contributed by atoms with E-state index in [9.17, 15) is 14.4 Å². The van der Waals surface area contributed by atoms with Crippen LogP contribution in [0.4, 0.5) is 9.59 Å². The van der Waals surface area contributed by atoms with Crippen LogP contribution in [0.3, 0.4) is 0 Å². The highest BCUT2D eigenvalue weighted by Crippen LogP contribution is 2.41. The SMILES string of the molecule is C#CC1C[C@H]2[C@@H](OC(=O)C(CCSC)NC(=O)OC(C)(C)C)CCC[C@H]2N1C(=O)OC. The van der Waals surface area contributed by atoms with Crippen molar-refractivity contribution in [2.45, 2.75) is 82.7 Å². The fraction of sp³-hybridized carbons (Fsp3) is 0.773. The average Bonchev–Trinajstić information content (AvgIpc) is 3.08. The molecule has 2 unspecified atom stereocenters. The van der Waals surface area contributed by atoms with Crippen LogP contribution < -0.4 is 5.32 Å². The van der Waals surface area contributed by atoms with E-state index in [2.05, 4.69) is 11.2 Å². The van der Waals surface area contributed by atoms with Crippen LogP contribution in [0.15, 0.2) is 0 Å². The lowest BCUT2D eigenvalue weighted by molar-refractivity contribution is -0.156. The van der Waals surface area contributed by atoms with Crippen LogP contribution in [-0.4, -0.2) is 72.0 Å². The lowest BCUT2D eigenvalue weighted by Crippen LogP contribution is -2.49. The van der Waals surface area contributed by atoms with E-state index in [1.807, 2.05) is 6.26 Å². The van der Waals surface area contributed by atoms with Gasteiger partial charge in [0, 0.05) is 12.0 Å². The third-order valence-electron chi connectivity index (χ3n) is 5.58. The van der Waals surface area contributed by atoms with E-state index in [0.717, 1.165) is 12.8 Å². The number of esters is 1. The Bertz CT molecular complexity index is 701. The molecule has 0 aromatic rings. The summed E-state index contributed by atoms with van der Waals surface area (Å²) in [5.74, 6) is 2.81. The largest absolute Gasteiger partial charge is 0.460 e. The summed E-state index contributed by atoms with van der Waals surface area (Å²) in [5.41, 5.74) is -0.667. The maximum absolute atomic E-state index is 13.0. The first kappa shape index (κ1) is 25.2. The Kier molecular flexibility index (Phi) is 8.92. The highest BCUT2D eigenvalue weighted by molar-refractivity contribution is 7.98. The van der Waals surface area contributed by atoms with Crippen molar-refractivity contribution in [1.29, 1.82) is 0 Å². The zero-order valence-electron chi connectivity index (χ0n) is 19.0. The Balaban J connectivity index is 2.09. The van der Waals surface area contributed by atoms with Gasteiger partial charge in [0.2, 0.25) is 0 Å². The molecule has 1 aliphatic heterocycles. The topological polar surface area (TPSA) is 94.2 Å². The number of amides is 2. The molecule has 1 N–H and O–H groups in total. The molecule has 8 nitrogen and oxygen atoms in total. The van der Waals surface area contributed by atoms with E-state index >= 15 is 0 Å². The normalized spacial score (nSPS) is 26.3. The summed E-state index contributed by atoms with van der Waals surface area (Å²) in [6.45, 7) is 5.29. The standard InChI is InChI=1S/C22H34N2O6S/c1-7-14-13-15-17(24(14)21(27)28-5)9-8-10-18(15)29-19(25)16(11-12-31-6)23-20(26)30-22(2,3)4/h1,14-18H,8-13H2,2-6H3,(H,23,26)/t14?,15-,16?,17-,18+/m1/s1. The van der Waals surface area contributed by atoms with Crippen molar-refractivity contribution in [2.75, 3.05) is 19.1 Å². The van der Waals surface area contributed by atoms with Crippen molar-refractivity contribution >= 4 is 29.9 Å². The molecule has 0 bridgehead atoms. The van der Waals surface area contributed by atoms with Gasteiger partial charge in [0.15, 0.2) is 0 Å². The van der Waals surface area contributed by atoms with E-state index < -0.39 is 29.8 Å². The molecular weight excluding hydrogens is 420 g/mol. The quantitative estimate of drug-likeness (QED) is 0.374. The van der Waals surface area contributed by atoms with Crippen LogP contribution in [-0.2, 0) is 19.0 Å². The first-order valence-corrected chi connectivity index (χ1v) is 12.0. The van der Waals surface area contributed by atoms with Gasteiger partial charge >= 0.3 is 18.2 Å². The Morgan fingerprint density at radius 1 is 1.29 bits per heavy atom. The number of alkyl carbamates (subject to hydrolysis) is 1. The molecule has 5 atom stereocenters. The van der Waals surface area contributed by atoms with Gasteiger partial charge in [-0.2, -0.15) is 11.8 Å². The molecule has 1 saturated heterocycles. The van der Waals surface area contributed by atoms with Crippen LogP contribution in [0.2, 0.25) is 0 Å². The minimum atomic E-state index is -0.802. The molecule has 0 spiro atoms. The van der Waals surface area contributed by atoms with Gasteiger partial charge in [-0.05, 0) is 64.9 Å². The summed E-state index contributed by atoms with van der Waals surface area (Å²) in [7, 11) is 1.34. The number of terminal acetylenes is 1. The van der Waals surface area contributed by atoms with Crippen LogP contribution in [0.1, 0.15) is 52.9 Å². The maximum Gasteiger partial charge on any atom is 0.410 e. The van der Waals surface area contributed by atoms with E-state index in [1.54, 1.807) is 37.4 Å². The van der Waals surface area contributed by atoms with Crippen LogP contribution in [0.5, 0.6) is 0 Å². The van der Waals surface area contributed by atoms with Gasteiger partial charge in [0.1, 0.15) is 17.7 Å². The third-order valence-corrected chi connectivity index (χ3v) is 6.22. The number of methoxy groups -OCH3 is 1. The number of hydrogen-bond acceptors (Lipinski definition) is 7. The second kappa shape index (κ2) is 11.0. The Morgan fingerprint density at radius 3 is 2.58 bits per heavy atom. The van der Waals surface area contributed by atoms with Crippen LogP contribution >= 0.6 is 11.8 Å². The van der Waals surface area contributed by atoms with Crippen molar-refractivity contribution in [1.82, 2.24) is 10.2 Å². The fourth-order valence-electron chi connectivity index (χ4n) is 4.29. The van der Waals surface area contributed by atoms with Gasteiger partial charge in [-0.15, -0.1) is 6.42 Å². The molecule has 1 aliphatic carbocycles. The van der Waals surface area contributed by atoms with Gasteiger partial charge < -0.3 is 19.5 Å². The zero-order valence-corrected chi connectivity index (χ0v) is 19.8. The number of fused-ring (bicyclic) bond motifs is 1. The second-order valence-corrected chi connectivity index (χ2v) is 9.90. The molecule has 0 aromatic carbocycles. The Hall–Kier alpha value is -2.08. The van der Waals surface area contributed by atoms with E-state index in [-0.39, 0.29) is 24.1 Å². The Labute approximate surface area is 189 Å². The molecule has 0 aromatic heterocycles. The van der Waals surface area contributed by atoms with Gasteiger partial charge in [-0.3, -0.25) is 4.90 Å². The number of carbonyl (C=O) groups excluding carboxylic acids is 3. The number of likely N-dealkylation sites (tertiary alicyclic amines) is 1. The van der Waals surface area contributed by atoms with Crippen LogP contribution in [0, 0.1) is 18.3 Å². The molecule has 2 rings (SSSR count). The highest BCUT2D eigenvalue weighted by atomic mass is 32.2. The van der Waals surface area contributed by atoms with Crippen molar-refractivity contribution in [3.63, 3.8) is 0 Å². The smallest absolute Gasteiger partial charge is 0.410 e. The number of rotatable bonds is 6. The molecule has 31 heavy (non-hydrogen) atoms. The van der Waals surface area contributed by atoms with Crippen molar-refractivity contribution < 1.29 is 28.6 Å². The number of nitrogens with one attached hydrogen (secondary N) is 1. The number of thioether (sulfide) groups is 1. The van der Waals surface area contributed by atoms with E-state index in [4.69, 9.17) is 20.6 Å². The van der Waals surface area contributed by atoms with Gasteiger partial charge in [0.25, 0.3) is 0 Å². The molecule has 1 heterocycles. The van der Waals surface area contributed by atoms with Gasteiger partial charge in [-0.1, -0.05) is 5.92 Å². The summed E-state index contributed by atoms with van der Waals surface area (Å²) in [5, 5.41) is 2.65. The number of nitrogens with zero attached hydrogens (tertiary/aromatic N) is 1. The monoisotopic (exact) mass is 454 g/mol. The Morgan fingerprint density at radius 2 is 2.00 bits per heavy atom. The predicted molar refractivity (Wildman–Crippen MR) is 119 cm³/mol. The maximum atomic E-state index is 13.0. The number of carbonyl (C=O) groups is 3. The zero-order chi connectivity index (χ0) is 23.2. The van der Waals surface area contributed by atoms with E-state index in [0.29, 0.717) is 25.0 Å². The van der Waals surface area contributed by atoms with E-state index in [1.165, 1.54) is 7.11 Å². The van der Waals surface area contributed by atoms with Crippen molar-refractivity contribution in [3.8, 4) is 12.3 Å². The molecule has 2 amide bonds. The molecule has 9 heteroatoms. The average molecular weight is 455 g/mol. The first-order chi connectivity index (χ1) is 14.6. The number of hydrogen-bond donors (Lipinski definition) is 1. The van der Waals surface area contributed by atoms with Crippen molar-refractivity contribution in [2.24, 2.45) is 5.92 Å². The molecule has 2 fully saturated rings. The minimum absolute atomic E-state index is 0.0550. The summed E-state index contributed by atoms with van der Waals surface area (Å²) >= 11 is 1.58. The second-order valence-electron chi connectivity index (χ2n) is 8.91. The molecule has 0 radical (unpaired) electrons. The first-order valence-electron chi connectivity index (χ1n) is 10.6. The summed E-state index contributed by atoms with van der Waals surface area (Å²) in [4.78, 5) is 39.1. The van der Waals surface area contributed by atoms with Crippen molar-refractivity contribution in [3.05, 3.63) is 0 Å². The highest BCUT2D eigenvalue weighted by Gasteiger charge is 2.50. The fourth-order valence-corrected chi connectivity index (χ4v) is 4.76. The molecule has 1 saturated carbocycles. The lowest BCUT2D eigenvalue weighted by Gasteiger charge is -2.36. The van der Waals surface area contributed by atoms with Crippen LogP contribution in [0.25, 0.3) is 0 Å². The molecular formula is C22H34N2O6S. The minimum Gasteiger partial charge on any atom is -0.460 e. The molecule has 174 valence electrons. The summed E-state index contributed by atoms with van der Waals surface area (Å²) in [6.07, 6.45) is 9.40. The molecule has 2 aliphatic rings. The third kappa shape index (κ3) is 6.70.